The lowest BCUT2D eigenvalue weighted by atomic mass is 10.1. The second-order valence-electron chi connectivity index (χ2n) is 2.84. The van der Waals surface area contributed by atoms with Crippen LogP contribution in [0.4, 0.5) is 0 Å². The van der Waals surface area contributed by atoms with Gasteiger partial charge in [-0.2, -0.15) is 0 Å². The number of aliphatic hydroxyl groups is 2. The van der Waals surface area contributed by atoms with Gasteiger partial charge in [0.2, 0.25) is 0 Å². The van der Waals surface area contributed by atoms with Crippen molar-refractivity contribution >= 4 is 5.97 Å². The fourth-order valence-corrected chi connectivity index (χ4v) is 0.513. The van der Waals surface area contributed by atoms with Crippen molar-refractivity contribution in [3.8, 4) is 0 Å². The van der Waals surface area contributed by atoms with Gasteiger partial charge in [-0.3, -0.25) is 0 Å². The Bertz CT molecular complexity index is 135. The van der Waals surface area contributed by atoms with Crippen molar-refractivity contribution < 1.29 is 19.7 Å². The second kappa shape index (κ2) is 5.97. The van der Waals surface area contributed by atoms with Gasteiger partial charge < -0.3 is 14.9 Å². The Morgan fingerprint density at radius 3 is 2.58 bits per heavy atom. The summed E-state index contributed by atoms with van der Waals surface area (Å²) in [5.74, 6) is -0.461. The highest BCUT2D eigenvalue weighted by molar-refractivity contribution is 5.74. The smallest absolute Gasteiger partial charge is 0.337 e. The van der Waals surface area contributed by atoms with E-state index in [9.17, 15) is 4.79 Å². The molecule has 0 spiro atoms. The van der Waals surface area contributed by atoms with Crippen molar-refractivity contribution in [1.29, 1.82) is 0 Å². The Hall–Kier alpha value is -0.610. The van der Waals surface area contributed by atoms with Gasteiger partial charge in [0.15, 0.2) is 6.10 Å². The lowest BCUT2D eigenvalue weighted by Gasteiger charge is -2.11. The van der Waals surface area contributed by atoms with Crippen LogP contribution < -0.4 is 0 Å². The average Bonchev–Trinajstić information content (AvgIpc) is 2.11. The summed E-state index contributed by atoms with van der Waals surface area (Å²) >= 11 is 0. The highest BCUT2D eigenvalue weighted by Crippen LogP contribution is 2.01. The molecular formula is C8H16O4. The number of hydrogen-bond acceptors (Lipinski definition) is 4. The molecule has 0 aliphatic heterocycles. The van der Waals surface area contributed by atoms with Gasteiger partial charge in [-0.05, 0) is 5.92 Å². The summed E-state index contributed by atoms with van der Waals surface area (Å²) < 4.78 is 4.70. The maximum Gasteiger partial charge on any atom is 0.337 e. The minimum atomic E-state index is -1.39. The van der Waals surface area contributed by atoms with Crippen LogP contribution in [-0.4, -0.2) is 35.5 Å². The molecule has 2 N–H and O–H groups in total. The van der Waals surface area contributed by atoms with Gasteiger partial charge in [0, 0.05) is 0 Å². The quantitative estimate of drug-likeness (QED) is 0.575. The highest BCUT2D eigenvalue weighted by Gasteiger charge is 2.15. The van der Waals surface area contributed by atoms with Crippen molar-refractivity contribution in [2.45, 2.75) is 26.4 Å². The van der Waals surface area contributed by atoms with Crippen LogP contribution in [0.5, 0.6) is 0 Å². The molecule has 0 aromatic heterocycles. The molecule has 2 unspecified atom stereocenters. The maximum atomic E-state index is 10.8. The van der Waals surface area contributed by atoms with Gasteiger partial charge in [-0.25, -0.2) is 4.79 Å². The third kappa shape index (κ3) is 4.31. The number of carbonyl (C=O) groups excluding carboxylic acids is 1. The number of carbonyl (C=O) groups is 1. The van der Waals surface area contributed by atoms with Crippen LogP contribution >= 0.6 is 0 Å². The first-order chi connectivity index (χ1) is 5.61. The summed E-state index contributed by atoms with van der Waals surface area (Å²) in [5.41, 5.74) is 0. The average molecular weight is 176 g/mol. The molecule has 0 aromatic rings. The van der Waals surface area contributed by atoms with E-state index in [1.165, 1.54) is 0 Å². The first-order valence-corrected chi connectivity index (χ1v) is 4.07. The molecule has 0 amide bonds. The molecule has 4 nitrogen and oxygen atoms in total. The number of ether oxygens (including phenoxy) is 1. The van der Waals surface area contributed by atoms with Gasteiger partial charge >= 0.3 is 5.97 Å². The molecule has 2 atom stereocenters. The van der Waals surface area contributed by atoms with Crippen LogP contribution in [0.15, 0.2) is 0 Å². The van der Waals surface area contributed by atoms with E-state index in [0.717, 1.165) is 6.42 Å². The van der Waals surface area contributed by atoms with E-state index in [1.807, 2.05) is 13.8 Å². The summed E-state index contributed by atoms with van der Waals surface area (Å²) in [5, 5.41) is 17.2. The normalized spacial score (nSPS) is 15.3. The number of hydrogen-bond donors (Lipinski definition) is 2. The number of esters is 1. The zero-order valence-electron chi connectivity index (χ0n) is 7.49. The largest absolute Gasteiger partial charge is 0.463 e. The molecule has 0 fully saturated rings. The Morgan fingerprint density at radius 2 is 2.17 bits per heavy atom. The molecule has 72 valence electrons. The van der Waals surface area contributed by atoms with Crippen molar-refractivity contribution in [2.24, 2.45) is 5.92 Å². The summed E-state index contributed by atoms with van der Waals surface area (Å²) in [6.07, 6.45) is -0.475. The third-order valence-corrected chi connectivity index (χ3v) is 1.65. The topological polar surface area (TPSA) is 66.8 Å². The van der Waals surface area contributed by atoms with Crippen LogP contribution in [0.25, 0.3) is 0 Å². The van der Waals surface area contributed by atoms with E-state index in [0.29, 0.717) is 12.5 Å². The highest BCUT2D eigenvalue weighted by atomic mass is 16.5. The van der Waals surface area contributed by atoms with Crippen LogP contribution in [0.3, 0.4) is 0 Å². The standard InChI is InChI=1S/C8H16O4/c1-3-6(2)5-12-8(11)7(10)4-9/h6-7,9-10H,3-5H2,1-2H3. The van der Waals surface area contributed by atoms with Crippen LogP contribution in [0.1, 0.15) is 20.3 Å². The molecule has 12 heavy (non-hydrogen) atoms. The maximum absolute atomic E-state index is 10.8. The second-order valence-corrected chi connectivity index (χ2v) is 2.84. The van der Waals surface area contributed by atoms with Gasteiger partial charge in [0.1, 0.15) is 0 Å². The fraction of sp³-hybridized carbons (Fsp3) is 0.875. The van der Waals surface area contributed by atoms with Crippen molar-refractivity contribution in [3.05, 3.63) is 0 Å². The molecule has 0 aliphatic rings. The lowest BCUT2D eigenvalue weighted by molar-refractivity contribution is -0.156. The van der Waals surface area contributed by atoms with Crippen LogP contribution in [-0.2, 0) is 9.53 Å². The minimum Gasteiger partial charge on any atom is -0.463 e. The zero-order valence-corrected chi connectivity index (χ0v) is 7.49. The van der Waals surface area contributed by atoms with E-state index < -0.39 is 18.7 Å². The van der Waals surface area contributed by atoms with Crippen molar-refractivity contribution in [2.75, 3.05) is 13.2 Å². The summed E-state index contributed by atoms with van der Waals surface area (Å²) in [6, 6.07) is 0. The van der Waals surface area contributed by atoms with Crippen molar-refractivity contribution in [1.82, 2.24) is 0 Å². The van der Waals surface area contributed by atoms with E-state index in [1.54, 1.807) is 0 Å². The lowest BCUT2D eigenvalue weighted by Crippen LogP contribution is -2.27. The SMILES string of the molecule is CCC(C)COC(=O)C(O)CO. The Morgan fingerprint density at radius 1 is 1.58 bits per heavy atom. The number of aliphatic hydroxyl groups excluding tert-OH is 2. The number of rotatable bonds is 5. The molecule has 0 bridgehead atoms. The summed E-state index contributed by atoms with van der Waals surface area (Å²) in [6.45, 7) is 3.64. The molecule has 0 heterocycles. The molecule has 0 saturated carbocycles. The summed E-state index contributed by atoms with van der Waals surface area (Å²) in [7, 11) is 0. The first-order valence-electron chi connectivity index (χ1n) is 4.07. The van der Waals surface area contributed by atoms with Gasteiger partial charge in [0.05, 0.1) is 13.2 Å². The van der Waals surface area contributed by atoms with E-state index in [2.05, 4.69) is 0 Å². The molecule has 0 saturated heterocycles. The van der Waals surface area contributed by atoms with Crippen molar-refractivity contribution in [3.63, 3.8) is 0 Å². The van der Waals surface area contributed by atoms with E-state index in [4.69, 9.17) is 14.9 Å². The van der Waals surface area contributed by atoms with Gasteiger partial charge in [0.25, 0.3) is 0 Å². The fourth-order valence-electron chi connectivity index (χ4n) is 0.513. The Labute approximate surface area is 72.2 Å². The van der Waals surface area contributed by atoms with Gasteiger partial charge in [-0.15, -0.1) is 0 Å². The Kier molecular flexibility index (Phi) is 5.66. The first kappa shape index (κ1) is 11.4. The predicted molar refractivity (Wildman–Crippen MR) is 43.5 cm³/mol. The molecular weight excluding hydrogens is 160 g/mol. The third-order valence-electron chi connectivity index (χ3n) is 1.65. The summed E-state index contributed by atoms with van der Waals surface area (Å²) in [4.78, 5) is 10.8. The predicted octanol–water partition coefficient (Wildman–Crippen LogP) is -0.0711. The monoisotopic (exact) mass is 176 g/mol. The molecule has 0 radical (unpaired) electrons. The van der Waals surface area contributed by atoms with Crippen LogP contribution in [0.2, 0.25) is 0 Å². The molecule has 0 aliphatic carbocycles. The minimum absolute atomic E-state index is 0.292. The Balaban J connectivity index is 3.56. The van der Waals surface area contributed by atoms with E-state index in [-0.39, 0.29) is 0 Å². The van der Waals surface area contributed by atoms with E-state index >= 15 is 0 Å². The molecule has 0 rings (SSSR count). The zero-order chi connectivity index (χ0) is 9.56. The molecule has 0 aromatic carbocycles. The molecule has 4 heteroatoms. The van der Waals surface area contributed by atoms with Gasteiger partial charge in [-0.1, -0.05) is 20.3 Å². The van der Waals surface area contributed by atoms with Crippen LogP contribution in [0, 0.1) is 5.92 Å².